The highest BCUT2D eigenvalue weighted by Gasteiger charge is 2.33. The molecular weight excluding hydrogens is 251 g/mol. The molecule has 1 aromatic rings. The number of nitrogens with one attached hydrogen (secondary N) is 1. The van der Waals surface area contributed by atoms with E-state index in [9.17, 15) is 13.2 Å². The van der Waals surface area contributed by atoms with E-state index < -0.39 is 11.7 Å². The van der Waals surface area contributed by atoms with Gasteiger partial charge in [-0.25, -0.2) is 0 Å². The minimum absolute atomic E-state index is 0.0819. The maximum Gasteiger partial charge on any atom is 0.418 e. The van der Waals surface area contributed by atoms with E-state index in [1.165, 1.54) is 12.1 Å². The van der Waals surface area contributed by atoms with E-state index >= 15 is 0 Å². The van der Waals surface area contributed by atoms with Gasteiger partial charge < -0.3 is 5.32 Å². The molecular formula is C15H22F3N. The summed E-state index contributed by atoms with van der Waals surface area (Å²) in [4.78, 5) is 0. The normalized spacial score (nSPS) is 15.1. The molecule has 19 heavy (non-hydrogen) atoms. The molecule has 0 aliphatic heterocycles. The molecule has 0 saturated carbocycles. The lowest BCUT2D eigenvalue weighted by Crippen LogP contribution is -2.23. The smallest absolute Gasteiger partial charge is 0.382 e. The molecule has 2 atom stereocenters. The predicted octanol–water partition coefficient (Wildman–Crippen LogP) is 5.33. The molecule has 0 aliphatic rings. The standard InChI is InChI=1S/C15H22F3N/c1-4-11(3)10-12(5-2)19-14-9-7-6-8-13(14)15(16,17)18/h6-9,11-12,19H,4-5,10H2,1-3H3. The van der Waals surface area contributed by atoms with Crippen molar-refractivity contribution in [2.24, 2.45) is 5.92 Å². The first-order chi connectivity index (χ1) is 8.88. The summed E-state index contributed by atoms with van der Waals surface area (Å²) in [5.41, 5.74) is -0.400. The zero-order valence-corrected chi connectivity index (χ0v) is 11.7. The van der Waals surface area contributed by atoms with Crippen molar-refractivity contribution in [2.75, 3.05) is 5.32 Å². The third-order valence-corrected chi connectivity index (χ3v) is 3.47. The first kappa shape index (κ1) is 15.9. The van der Waals surface area contributed by atoms with Crippen molar-refractivity contribution < 1.29 is 13.2 Å². The molecule has 0 amide bonds. The average Bonchev–Trinajstić information content (AvgIpc) is 2.37. The molecule has 108 valence electrons. The largest absolute Gasteiger partial charge is 0.418 e. The fraction of sp³-hybridized carbons (Fsp3) is 0.600. The topological polar surface area (TPSA) is 12.0 Å². The maximum absolute atomic E-state index is 12.9. The molecule has 0 bridgehead atoms. The molecule has 1 N–H and O–H groups in total. The van der Waals surface area contributed by atoms with Crippen molar-refractivity contribution in [1.29, 1.82) is 0 Å². The molecule has 0 saturated heterocycles. The summed E-state index contributed by atoms with van der Waals surface area (Å²) in [7, 11) is 0. The minimum atomic E-state index is -4.31. The molecule has 4 heteroatoms. The van der Waals surface area contributed by atoms with Gasteiger partial charge in [-0.15, -0.1) is 0 Å². The predicted molar refractivity (Wildman–Crippen MR) is 73.2 cm³/mol. The summed E-state index contributed by atoms with van der Waals surface area (Å²) in [5.74, 6) is 0.510. The summed E-state index contributed by atoms with van der Waals surface area (Å²) >= 11 is 0. The Labute approximate surface area is 113 Å². The number of hydrogen-bond acceptors (Lipinski definition) is 1. The number of para-hydroxylation sites is 1. The molecule has 0 aliphatic carbocycles. The van der Waals surface area contributed by atoms with Crippen LogP contribution >= 0.6 is 0 Å². The third kappa shape index (κ3) is 4.77. The van der Waals surface area contributed by atoms with Crippen molar-refractivity contribution >= 4 is 5.69 Å². The molecule has 1 aromatic carbocycles. The van der Waals surface area contributed by atoms with Gasteiger partial charge in [0.25, 0.3) is 0 Å². The first-order valence-electron chi connectivity index (χ1n) is 6.81. The monoisotopic (exact) mass is 273 g/mol. The van der Waals surface area contributed by atoms with Crippen LogP contribution in [-0.2, 0) is 6.18 Å². The van der Waals surface area contributed by atoms with Gasteiger partial charge in [-0.3, -0.25) is 0 Å². The molecule has 0 spiro atoms. The summed E-state index contributed by atoms with van der Waals surface area (Å²) in [5, 5.41) is 3.05. The maximum atomic E-state index is 12.9. The van der Waals surface area contributed by atoms with Gasteiger partial charge in [0.1, 0.15) is 0 Å². The number of alkyl halides is 3. The second-order valence-corrected chi connectivity index (χ2v) is 5.04. The van der Waals surface area contributed by atoms with Gasteiger partial charge >= 0.3 is 6.18 Å². The van der Waals surface area contributed by atoms with Gasteiger partial charge in [-0.1, -0.05) is 39.3 Å². The van der Waals surface area contributed by atoms with Crippen LogP contribution in [0.15, 0.2) is 24.3 Å². The van der Waals surface area contributed by atoms with Crippen molar-refractivity contribution in [2.45, 2.75) is 52.3 Å². The number of halogens is 3. The van der Waals surface area contributed by atoms with Crippen molar-refractivity contribution in [1.82, 2.24) is 0 Å². The van der Waals surface area contributed by atoms with Crippen molar-refractivity contribution in [3.05, 3.63) is 29.8 Å². The van der Waals surface area contributed by atoms with E-state index in [2.05, 4.69) is 19.2 Å². The molecule has 0 radical (unpaired) electrons. The van der Waals surface area contributed by atoms with Crippen LogP contribution in [0.2, 0.25) is 0 Å². The Balaban J connectivity index is 2.85. The molecule has 1 nitrogen and oxygen atoms in total. The van der Waals surface area contributed by atoms with Gasteiger partial charge in [0.15, 0.2) is 0 Å². The molecule has 0 fully saturated rings. The second kappa shape index (κ2) is 6.83. The number of rotatable bonds is 6. The van der Waals surface area contributed by atoms with Crippen molar-refractivity contribution in [3.8, 4) is 0 Å². The number of anilines is 1. The Morgan fingerprint density at radius 3 is 2.26 bits per heavy atom. The SMILES string of the molecule is CCC(C)CC(CC)Nc1ccccc1C(F)(F)F. The lowest BCUT2D eigenvalue weighted by atomic mass is 9.97. The zero-order chi connectivity index (χ0) is 14.5. The Hall–Kier alpha value is -1.19. The Kier molecular flexibility index (Phi) is 5.70. The lowest BCUT2D eigenvalue weighted by Gasteiger charge is -2.23. The lowest BCUT2D eigenvalue weighted by molar-refractivity contribution is -0.137. The van der Waals surface area contributed by atoms with Crippen LogP contribution in [0.1, 0.15) is 45.6 Å². The minimum Gasteiger partial charge on any atom is -0.382 e. The van der Waals surface area contributed by atoms with Crippen LogP contribution < -0.4 is 5.32 Å². The molecule has 1 rings (SSSR count). The average molecular weight is 273 g/mol. The van der Waals surface area contributed by atoms with Gasteiger partial charge in [0, 0.05) is 11.7 Å². The Morgan fingerprint density at radius 2 is 1.74 bits per heavy atom. The van der Waals surface area contributed by atoms with E-state index in [1.807, 2.05) is 6.92 Å². The Bertz CT molecular complexity index is 387. The quantitative estimate of drug-likeness (QED) is 0.738. The van der Waals surface area contributed by atoms with Crippen LogP contribution in [-0.4, -0.2) is 6.04 Å². The highest BCUT2D eigenvalue weighted by Crippen LogP contribution is 2.35. The van der Waals surface area contributed by atoms with E-state index in [1.54, 1.807) is 6.07 Å². The van der Waals surface area contributed by atoms with Gasteiger partial charge in [-0.05, 0) is 30.9 Å². The van der Waals surface area contributed by atoms with Crippen molar-refractivity contribution in [3.63, 3.8) is 0 Å². The van der Waals surface area contributed by atoms with Gasteiger partial charge in [0.05, 0.1) is 5.56 Å². The fourth-order valence-electron chi connectivity index (χ4n) is 2.06. The molecule has 0 aromatic heterocycles. The van der Waals surface area contributed by atoms with E-state index in [0.717, 1.165) is 25.3 Å². The summed E-state index contributed by atoms with van der Waals surface area (Å²) < 4.78 is 38.7. The van der Waals surface area contributed by atoms with Gasteiger partial charge in [-0.2, -0.15) is 13.2 Å². The van der Waals surface area contributed by atoms with Crippen LogP contribution in [0, 0.1) is 5.92 Å². The van der Waals surface area contributed by atoms with Gasteiger partial charge in [0.2, 0.25) is 0 Å². The van der Waals surface area contributed by atoms with E-state index in [4.69, 9.17) is 0 Å². The summed E-state index contributed by atoms with van der Waals surface area (Å²) in [6.45, 7) is 6.22. The van der Waals surface area contributed by atoms with E-state index in [-0.39, 0.29) is 11.7 Å². The second-order valence-electron chi connectivity index (χ2n) is 5.04. The van der Waals surface area contributed by atoms with Crippen LogP contribution in [0.3, 0.4) is 0 Å². The van der Waals surface area contributed by atoms with Crippen LogP contribution in [0.4, 0.5) is 18.9 Å². The number of benzene rings is 1. The van der Waals surface area contributed by atoms with Crippen LogP contribution in [0.25, 0.3) is 0 Å². The highest BCUT2D eigenvalue weighted by molar-refractivity contribution is 5.53. The molecule has 2 unspecified atom stereocenters. The van der Waals surface area contributed by atoms with Crippen LogP contribution in [0.5, 0.6) is 0 Å². The third-order valence-electron chi connectivity index (χ3n) is 3.47. The number of hydrogen-bond donors (Lipinski definition) is 1. The Morgan fingerprint density at radius 1 is 1.11 bits per heavy atom. The van der Waals surface area contributed by atoms with E-state index in [0.29, 0.717) is 5.92 Å². The fourth-order valence-corrected chi connectivity index (χ4v) is 2.06. The zero-order valence-electron chi connectivity index (χ0n) is 11.7. The highest BCUT2D eigenvalue weighted by atomic mass is 19.4. The summed E-state index contributed by atoms with van der Waals surface area (Å²) in [6, 6.07) is 5.76. The molecule has 0 heterocycles. The summed E-state index contributed by atoms with van der Waals surface area (Å²) in [6.07, 6.45) is -1.56. The first-order valence-corrected chi connectivity index (χ1v) is 6.81.